The van der Waals surface area contributed by atoms with Crippen molar-refractivity contribution in [1.82, 2.24) is 15.1 Å². The van der Waals surface area contributed by atoms with Crippen LogP contribution in [0.3, 0.4) is 0 Å². The number of aliphatic hydroxyl groups excluding tert-OH is 4. The molecule has 78 heavy (non-hydrogen) atoms. The van der Waals surface area contributed by atoms with Gasteiger partial charge in [-0.3, -0.25) is 19.3 Å². The third-order valence-electron chi connectivity index (χ3n) is 21.2. The monoisotopic (exact) mass is 1110 g/mol. The minimum atomic E-state index is -1.94. The summed E-state index contributed by atoms with van der Waals surface area (Å²) in [4.78, 5) is 45.5. The number of ketones is 1. The first-order chi connectivity index (χ1) is 36.3. The molecule has 3 aliphatic heterocycles. The average Bonchev–Trinajstić information content (AvgIpc) is 3.75. The van der Waals surface area contributed by atoms with Gasteiger partial charge in [-0.05, 0) is 167 Å². The normalized spacial score (nSPS) is 49.1. The molecule has 0 spiro atoms. The molecule has 3 saturated carbocycles. The molecule has 6 fully saturated rings. The van der Waals surface area contributed by atoms with Gasteiger partial charge in [-0.2, -0.15) is 0 Å². The Bertz CT molecular complexity index is 2110. The van der Waals surface area contributed by atoms with Crippen LogP contribution in [0, 0.1) is 52.3 Å². The molecular formula is C60H103N3O15. The Kier molecular flexibility index (Phi) is 20.0. The molecule has 7 N–H and O–H groups in total. The topological polar surface area (TPSA) is 246 Å². The van der Waals surface area contributed by atoms with E-state index in [9.17, 15) is 45.0 Å². The fourth-order valence-corrected chi connectivity index (χ4v) is 16.6. The molecule has 25 atom stereocenters. The lowest BCUT2D eigenvalue weighted by molar-refractivity contribution is -0.318. The van der Waals surface area contributed by atoms with E-state index < -0.39 is 102 Å². The summed E-state index contributed by atoms with van der Waals surface area (Å²) in [5.74, 6) is -2.39. The largest absolute Gasteiger partial charge is 0.459 e. The van der Waals surface area contributed by atoms with Crippen LogP contribution in [0.15, 0.2) is 11.6 Å². The molecule has 0 aromatic carbocycles. The first-order valence-electron chi connectivity index (χ1n) is 29.8. The van der Waals surface area contributed by atoms with Crippen molar-refractivity contribution in [3.8, 4) is 0 Å². The number of carbonyl (C=O) groups excluding carboxylic acids is 3. The number of likely N-dealkylation sites (N-methyl/N-ethyl adjacent to an activating group) is 1. The molecule has 18 heteroatoms. The van der Waals surface area contributed by atoms with Crippen LogP contribution in [-0.4, -0.2) is 195 Å². The Morgan fingerprint density at radius 3 is 2.24 bits per heavy atom. The lowest BCUT2D eigenvalue weighted by Gasteiger charge is -2.59. The van der Waals surface area contributed by atoms with E-state index in [0.717, 1.165) is 32.1 Å². The van der Waals surface area contributed by atoms with Gasteiger partial charge in [0.05, 0.1) is 47.6 Å². The second kappa shape index (κ2) is 24.6. The number of amides is 1. The van der Waals surface area contributed by atoms with Crippen molar-refractivity contribution in [3.05, 3.63) is 11.6 Å². The fraction of sp³-hybridized carbons (Fsp3) is 0.917. The van der Waals surface area contributed by atoms with E-state index in [1.54, 1.807) is 34.6 Å². The minimum Gasteiger partial charge on any atom is -0.459 e. The molecule has 1 amide bonds. The summed E-state index contributed by atoms with van der Waals surface area (Å²) in [6.45, 7) is 23.1. The van der Waals surface area contributed by atoms with E-state index in [-0.39, 0.29) is 77.6 Å². The van der Waals surface area contributed by atoms with Crippen LogP contribution in [0.25, 0.3) is 0 Å². The van der Waals surface area contributed by atoms with E-state index in [1.165, 1.54) is 19.6 Å². The van der Waals surface area contributed by atoms with Crippen LogP contribution in [0.2, 0.25) is 0 Å². The number of hydrogen-bond acceptors (Lipinski definition) is 17. The summed E-state index contributed by atoms with van der Waals surface area (Å²) in [5, 5.41) is 75.9. The predicted molar refractivity (Wildman–Crippen MR) is 292 cm³/mol. The summed E-state index contributed by atoms with van der Waals surface area (Å²) in [5.41, 5.74) is -4.08. The number of carbonyl (C=O) groups is 3. The molecule has 7 aliphatic rings. The quantitative estimate of drug-likeness (QED) is 0.102. The highest BCUT2D eigenvalue weighted by atomic mass is 16.7. The summed E-state index contributed by atoms with van der Waals surface area (Å²) >= 11 is 0. The molecule has 0 bridgehead atoms. The average molecular weight is 1110 g/mol. The molecule has 448 valence electrons. The predicted octanol–water partition coefficient (Wildman–Crippen LogP) is 4.90. The van der Waals surface area contributed by atoms with Gasteiger partial charge in [0, 0.05) is 63.5 Å². The van der Waals surface area contributed by atoms with Gasteiger partial charge in [0.25, 0.3) is 0 Å². The molecule has 4 aliphatic carbocycles. The van der Waals surface area contributed by atoms with Gasteiger partial charge < -0.3 is 69.3 Å². The molecular weight excluding hydrogens is 1000 g/mol. The number of ether oxygens (including phenoxy) is 6. The molecule has 0 aromatic heterocycles. The van der Waals surface area contributed by atoms with E-state index in [4.69, 9.17) is 28.4 Å². The van der Waals surface area contributed by atoms with Crippen LogP contribution < -0.4 is 5.32 Å². The van der Waals surface area contributed by atoms with Gasteiger partial charge >= 0.3 is 5.97 Å². The Morgan fingerprint density at radius 1 is 0.897 bits per heavy atom. The van der Waals surface area contributed by atoms with Crippen molar-refractivity contribution in [1.29, 1.82) is 0 Å². The SMILES string of the molecule is CC[C@H]1OC(=O)[C@H](C)[C@@H](O[C@@H]2C[C@](C)(OC)[C@H](O)C(C)O2)[C@H](C)[C@@H](O[C@@H]2O[C@H](C)C[C@@H](N(C)C)[C@H]2O)[C@](C)(O)C[C@@H](C)CN(CCCNC(=O)[C@H]2CCC3C4CCC5=CC(=O)CC[C@]5(C)C4[C@@H](O)C[C@@]32C)[C@H](C)[C@@H](O)[C@]1(C)O. The lowest BCUT2D eigenvalue weighted by Crippen LogP contribution is -2.60. The standard InChI is InChI=1S/C60H103N3O15/c1-16-45-60(12,72)50(67)36(6)63(25-17-24-61-53(69)42-21-20-41-40-19-18-38-27-39(64)22-23-56(38,8)47(40)44(65)29-57(41,42)9)31-32(2)28-58(10,71)52(78-55-48(66)43(62(13)14)26-33(3)74-55)34(4)49(35(5)54(70)76-45)77-46-30-59(11,73-15)51(68)37(7)75-46/h27,32-37,40-52,55,65-68,71-72H,16-26,28-31H2,1-15H3,(H,61,69)/t32-,33-,34+,35-,36-,37?,40?,41?,42-,43-,44+,45-,46-,47?,48-,49+,50-,51-,52-,55+,56+,57+,58-,59+,60-/m1/s1. The van der Waals surface area contributed by atoms with Crippen LogP contribution in [0.1, 0.15) is 160 Å². The third kappa shape index (κ3) is 12.5. The maximum Gasteiger partial charge on any atom is 0.311 e. The number of esters is 1. The lowest BCUT2D eigenvalue weighted by atomic mass is 9.46. The summed E-state index contributed by atoms with van der Waals surface area (Å²) in [6.07, 6.45) is -2.16. The van der Waals surface area contributed by atoms with Crippen molar-refractivity contribution in [2.75, 3.05) is 40.8 Å². The van der Waals surface area contributed by atoms with Gasteiger partial charge in [0.2, 0.25) is 5.91 Å². The highest BCUT2D eigenvalue weighted by Gasteiger charge is 2.63. The van der Waals surface area contributed by atoms with Gasteiger partial charge in [-0.1, -0.05) is 40.2 Å². The molecule has 3 heterocycles. The third-order valence-corrected chi connectivity index (χ3v) is 21.2. The maximum absolute atomic E-state index is 14.7. The minimum absolute atomic E-state index is 0.0217. The summed E-state index contributed by atoms with van der Waals surface area (Å²) in [6, 6.07) is -1.03. The van der Waals surface area contributed by atoms with Crippen LogP contribution in [-0.2, 0) is 42.8 Å². The number of hydrogen-bond donors (Lipinski definition) is 7. The number of fused-ring (bicyclic) bond motifs is 5. The van der Waals surface area contributed by atoms with Crippen LogP contribution in [0.4, 0.5) is 0 Å². The smallest absolute Gasteiger partial charge is 0.311 e. The highest BCUT2D eigenvalue weighted by molar-refractivity contribution is 5.91. The van der Waals surface area contributed by atoms with Crippen molar-refractivity contribution in [3.63, 3.8) is 0 Å². The zero-order chi connectivity index (χ0) is 57.8. The number of methoxy groups -OCH3 is 1. The number of rotatable bonds is 12. The zero-order valence-corrected chi connectivity index (χ0v) is 50.0. The Balaban J connectivity index is 1.13. The van der Waals surface area contributed by atoms with Gasteiger partial charge in [0.1, 0.15) is 30.0 Å². The van der Waals surface area contributed by atoms with Crippen molar-refractivity contribution in [2.45, 2.75) is 257 Å². The maximum atomic E-state index is 14.7. The Labute approximate surface area is 466 Å². The second-order valence-electron chi connectivity index (χ2n) is 27.2. The molecule has 4 unspecified atom stereocenters. The van der Waals surface area contributed by atoms with Gasteiger partial charge in [-0.15, -0.1) is 0 Å². The van der Waals surface area contributed by atoms with Gasteiger partial charge in [-0.25, -0.2) is 0 Å². The molecule has 3 saturated heterocycles. The molecule has 7 rings (SSSR count). The van der Waals surface area contributed by atoms with Crippen molar-refractivity contribution < 1.29 is 73.4 Å². The summed E-state index contributed by atoms with van der Waals surface area (Å²) < 4.78 is 38.4. The second-order valence-corrected chi connectivity index (χ2v) is 27.2. The number of cyclic esters (lactones) is 1. The van der Waals surface area contributed by atoms with Crippen LogP contribution >= 0.6 is 0 Å². The van der Waals surface area contributed by atoms with E-state index in [2.05, 4.69) is 24.1 Å². The zero-order valence-electron chi connectivity index (χ0n) is 50.0. The molecule has 18 nitrogen and oxygen atoms in total. The van der Waals surface area contributed by atoms with Crippen molar-refractivity contribution in [2.24, 2.45) is 52.3 Å². The number of nitrogens with zero attached hydrogens (tertiary/aromatic N) is 2. The Hall–Kier alpha value is -2.17. The number of nitrogens with one attached hydrogen (secondary N) is 1. The van der Waals surface area contributed by atoms with E-state index >= 15 is 0 Å². The first kappa shape index (κ1) is 63.4. The Morgan fingerprint density at radius 2 is 1.59 bits per heavy atom. The number of allylic oxidation sites excluding steroid dienone is 1. The highest BCUT2D eigenvalue weighted by Crippen LogP contribution is 2.66. The molecule has 0 aromatic rings. The summed E-state index contributed by atoms with van der Waals surface area (Å²) in [7, 11) is 5.27. The first-order valence-corrected chi connectivity index (χ1v) is 29.8. The van der Waals surface area contributed by atoms with Crippen LogP contribution in [0.5, 0.6) is 0 Å². The fourth-order valence-electron chi connectivity index (χ4n) is 16.6. The number of aliphatic hydroxyl groups is 6. The molecule has 0 radical (unpaired) electrons. The van der Waals surface area contributed by atoms with Gasteiger partial charge in [0.15, 0.2) is 18.4 Å². The van der Waals surface area contributed by atoms with E-state index in [1.807, 2.05) is 52.8 Å². The van der Waals surface area contributed by atoms with E-state index in [0.29, 0.717) is 51.2 Å². The van der Waals surface area contributed by atoms with Crippen molar-refractivity contribution >= 4 is 17.7 Å².